The molecule has 0 aromatic heterocycles. The third-order valence-electron chi connectivity index (χ3n) is 3.33. The van der Waals surface area contributed by atoms with Gasteiger partial charge in [-0.1, -0.05) is 29.8 Å². The van der Waals surface area contributed by atoms with Crippen LogP contribution in [0.15, 0.2) is 24.3 Å². The minimum atomic E-state index is -0.746. The van der Waals surface area contributed by atoms with Crippen molar-refractivity contribution < 1.29 is 14.6 Å². The van der Waals surface area contributed by atoms with Gasteiger partial charge in [-0.05, 0) is 25.3 Å². The van der Waals surface area contributed by atoms with E-state index in [4.69, 9.17) is 4.74 Å². The summed E-state index contributed by atoms with van der Waals surface area (Å²) in [4.78, 5) is 11.5. The summed E-state index contributed by atoms with van der Waals surface area (Å²) in [6.45, 7) is 3.04. The number of benzene rings is 1. The van der Waals surface area contributed by atoms with Gasteiger partial charge in [-0.15, -0.1) is 0 Å². The zero-order valence-corrected chi connectivity index (χ0v) is 9.40. The van der Waals surface area contributed by atoms with Crippen LogP contribution in [-0.2, 0) is 14.9 Å². The molecule has 16 heavy (non-hydrogen) atoms. The predicted octanol–water partition coefficient (Wildman–Crippen LogP) is 2.13. The van der Waals surface area contributed by atoms with E-state index >= 15 is 0 Å². The number of carboxylic acids is 1. The summed E-state index contributed by atoms with van der Waals surface area (Å²) >= 11 is 0. The van der Waals surface area contributed by atoms with Crippen LogP contribution in [0.4, 0.5) is 0 Å². The molecule has 86 valence electrons. The molecule has 2 rings (SSSR count). The minimum absolute atomic E-state index is 0.528. The highest BCUT2D eigenvalue weighted by Crippen LogP contribution is 2.35. The zero-order valence-electron chi connectivity index (χ0n) is 9.40. The molecule has 0 saturated carbocycles. The summed E-state index contributed by atoms with van der Waals surface area (Å²) in [7, 11) is 0. The molecule has 0 atom stereocenters. The maximum Gasteiger partial charge on any atom is 0.314 e. The maximum atomic E-state index is 11.5. The van der Waals surface area contributed by atoms with Crippen molar-refractivity contribution in [2.24, 2.45) is 0 Å². The van der Waals surface area contributed by atoms with Gasteiger partial charge in [-0.25, -0.2) is 0 Å². The third kappa shape index (κ3) is 1.83. The second-order valence-electron chi connectivity index (χ2n) is 4.37. The predicted molar refractivity (Wildman–Crippen MR) is 60.5 cm³/mol. The molecular formula is C13H16O3. The van der Waals surface area contributed by atoms with Gasteiger partial charge in [0.15, 0.2) is 0 Å². The van der Waals surface area contributed by atoms with Crippen molar-refractivity contribution in [1.29, 1.82) is 0 Å². The highest BCUT2D eigenvalue weighted by atomic mass is 16.5. The largest absolute Gasteiger partial charge is 0.481 e. The fraction of sp³-hybridized carbons (Fsp3) is 0.462. The molecule has 0 amide bonds. The first-order valence-electron chi connectivity index (χ1n) is 5.53. The molecule has 3 nitrogen and oxygen atoms in total. The van der Waals surface area contributed by atoms with Crippen LogP contribution >= 0.6 is 0 Å². The van der Waals surface area contributed by atoms with E-state index in [-0.39, 0.29) is 0 Å². The maximum absolute atomic E-state index is 11.5. The summed E-state index contributed by atoms with van der Waals surface area (Å²) in [5, 5.41) is 9.48. The number of carboxylic acid groups (broad SMARTS) is 1. The summed E-state index contributed by atoms with van der Waals surface area (Å²) in [6.07, 6.45) is 1.12. The normalized spacial score (nSPS) is 19.3. The van der Waals surface area contributed by atoms with Gasteiger partial charge >= 0.3 is 5.97 Å². The Morgan fingerprint density at radius 3 is 2.62 bits per heavy atom. The lowest BCUT2D eigenvalue weighted by Crippen LogP contribution is -2.41. The number of rotatable bonds is 2. The van der Waals surface area contributed by atoms with Gasteiger partial charge in [0.1, 0.15) is 0 Å². The number of aliphatic carboxylic acids is 1. The SMILES string of the molecule is Cc1cccc(C2(C(=O)O)CCOCC2)c1. The Morgan fingerprint density at radius 2 is 2.06 bits per heavy atom. The smallest absolute Gasteiger partial charge is 0.314 e. The van der Waals surface area contributed by atoms with E-state index in [0.717, 1.165) is 11.1 Å². The Kier molecular flexibility index (Phi) is 2.97. The van der Waals surface area contributed by atoms with E-state index in [1.807, 2.05) is 31.2 Å². The van der Waals surface area contributed by atoms with E-state index in [9.17, 15) is 9.90 Å². The van der Waals surface area contributed by atoms with Crippen LogP contribution in [0, 0.1) is 6.92 Å². The number of hydrogen-bond donors (Lipinski definition) is 1. The molecule has 1 N–H and O–H groups in total. The van der Waals surface area contributed by atoms with Crippen molar-refractivity contribution in [2.75, 3.05) is 13.2 Å². The molecule has 1 fully saturated rings. The van der Waals surface area contributed by atoms with Gasteiger partial charge in [-0.3, -0.25) is 4.79 Å². The lowest BCUT2D eigenvalue weighted by atomic mass is 9.74. The van der Waals surface area contributed by atoms with Gasteiger partial charge in [-0.2, -0.15) is 0 Å². The van der Waals surface area contributed by atoms with Crippen molar-refractivity contribution in [3.05, 3.63) is 35.4 Å². The summed E-state index contributed by atoms with van der Waals surface area (Å²) < 4.78 is 5.26. The van der Waals surface area contributed by atoms with E-state index in [2.05, 4.69) is 0 Å². The molecule has 0 radical (unpaired) electrons. The van der Waals surface area contributed by atoms with Crippen molar-refractivity contribution >= 4 is 5.97 Å². The quantitative estimate of drug-likeness (QED) is 0.830. The standard InChI is InChI=1S/C13H16O3/c1-10-3-2-4-11(9-10)13(12(14)15)5-7-16-8-6-13/h2-4,9H,5-8H2,1H3,(H,14,15). The van der Waals surface area contributed by atoms with Crippen molar-refractivity contribution in [2.45, 2.75) is 25.2 Å². The molecule has 1 saturated heterocycles. The Morgan fingerprint density at radius 1 is 1.38 bits per heavy atom. The Bertz CT molecular complexity index is 392. The van der Waals surface area contributed by atoms with Crippen LogP contribution in [0.1, 0.15) is 24.0 Å². The number of aryl methyl sites for hydroxylation is 1. The second kappa shape index (κ2) is 4.26. The van der Waals surface area contributed by atoms with Crippen LogP contribution in [-0.4, -0.2) is 24.3 Å². The first-order chi connectivity index (χ1) is 7.65. The van der Waals surface area contributed by atoms with E-state index in [1.54, 1.807) is 0 Å². The lowest BCUT2D eigenvalue weighted by Gasteiger charge is -2.33. The first kappa shape index (κ1) is 11.1. The zero-order chi connectivity index (χ0) is 11.6. The summed E-state index contributed by atoms with van der Waals surface area (Å²) in [5.74, 6) is -0.735. The first-order valence-corrected chi connectivity index (χ1v) is 5.53. The highest BCUT2D eigenvalue weighted by Gasteiger charge is 2.41. The molecule has 1 aliphatic rings. The van der Waals surface area contributed by atoms with Gasteiger partial charge in [0, 0.05) is 13.2 Å². The lowest BCUT2D eigenvalue weighted by molar-refractivity contribution is -0.147. The van der Waals surface area contributed by atoms with Gasteiger partial charge < -0.3 is 9.84 Å². The number of carbonyl (C=O) groups is 1. The fourth-order valence-corrected chi connectivity index (χ4v) is 2.29. The third-order valence-corrected chi connectivity index (χ3v) is 3.33. The molecule has 1 aliphatic heterocycles. The summed E-state index contributed by atoms with van der Waals surface area (Å²) in [5.41, 5.74) is 1.26. The van der Waals surface area contributed by atoms with Crippen LogP contribution in [0.5, 0.6) is 0 Å². The van der Waals surface area contributed by atoms with Gasteiger partial charge in [0.05, 0.1) is 5.41 Å². The average Bonchev–Trinajstić information content (AvgIpc) is 2.30. The molecule has 0 bridgehead atoms. The molecule has 1 aromatic carbocycles. The fourth-order valence-electron chi connectivity index (χ4n) is 2.29. The molecule has 3 heteroatoms. The number of ether oxygens (including phenoxy) is 1. The van der Waals surface area contributed by atoms with Crippen molar-refractivity contribution in [1.82, 2.24) is 0 Å². The van der Waals surface area contributed by atoms with E-state index in [0.29, 0.717) is 26.1 Å². The van der Waals surface area contributed by atoms with Crippen LogP contribution in [0.25, 0.3) is 0 Å². The van der Waals surface area contributed by atoms with E-state index < -0.39 is 11.4 Å². The molecule has 0 unspecified atom stereocenters. The second-order valence-corrected chi connectivity index (χ2v) is 4.37. The minimum Gasteiger partial charge on any atom is -0.481 e. The van der Waals surface area contributed by atoms with Gasteiger partial charge in [0.2, 0.25) is 0 Å². The molecule has 1 aromatic rings. The average molecular weight is 220 g/mol. The van der Waals surface area contributed by atoms with Crippen LogP contribution < -0.4 is 0 Å². The monoisotopic (exact) mass is 220 g/mol. The number of hydrogen-bond acceptors (Lipinski definition) is 2. The highest BCUT2D eigenvalue weighted by molar-refractivity contribution is 5.81. The molecule has 0 aliphatic carbocycles. The molecule has 1 heterocycles. The van der Waals surface area contributed by atoms with Crippen LogP contribution in [0.2, 0.25) is 0 Å². The molecule has 0 spiro atoms. The summed E-state index contributed by atoms with van der Waals surface area (Å²) in [6, 6.07) is 7.79. The molecular weight excluding hydrogens is 204 g/mol. The Labute approximate surface area is 95.0 Å². The Balaban J connectivity index is 2.42. The van der Waals surface area contributed by atoms with Crippen molar-refractivity contribution in [3.8, 4) is 0 Å². The van der Waals surface area contributed by atoms with E-state index in [1.165, 1.54) is 0 Å². The van der Waals surface area contributed by atoms with Crippen LogP contribution in [0.3, 0.4) is 0 Å². The Hall–Kier alpha value is -1.35. The van der Waals surface area contributed by atoms with Gasteiger partial charge in [0.25, 0.3) is 0 Å². The van der Waals surface area contributed by atoms with Crippen molar-refractivity contribution in [3.63, 3.8) is 0 Å². The topological polar surface area (TPSA) is 46.5 Å².